The standard InChI is InChI=1S/C20H28N2O4/c1-15(23)26-18-9-5-8-17(14-18)20(25)22-13-12-21-19(24)11-10-16-6-3-2-4-7-16/h5,8-9,14,16H,2-4,6-7,10-13H2,1H3,(H,21,24)(H,22,25). The highest BCUT2D eigenvalue weighted by molar-refractivity contribution is 5.94. The van der Waals surface area contributed by atoms with Crippen LogP contribution in [0.1, 0.15) is 62.2 Å². The molecule has 1 aliphatic rings. The summed E-state index contributed by atoms with van der Waals surface area (Å²) in [6.45, 7) is 2.06. The van der Waals surface area contributed by atoms with Gasteiger partial charge in [0.2, 0.25) is 5.91 Å². The van der Waals surface area contributed by atoms with Gasteiger partial charge in [-0.2, -0.15) is 0 Å². The van der Waals surface area contributed by atoms with Crippen molar-refractivity contribution in [1.82, 2.24) is 10.6 Å². The average molecular weight is 360 g/mol. The maximum absolute atomic E-state index is 12.1. The van der Waals surface area contributed by atoms with Crippen LogP contribution in [0.3, 0.4) is 0 Å². The van der Waals surface area contributed by atoms with Crippen LogP contribution in [-0.2, 0) is 9.59 Å². The summed E-state index contributed by atoms with van der Waals surface area (Å²) in [4.78, 5) is 34.9. The minimum Gasteiger partial charge on any atom is -0.427 e. The second-order valence-electron chi connectivity index (χ2n) is 6.77. The highest BCUT2D eigenvalue weighted by atomic mass is 16.5. The molecular weight excluding hydrogens is 332 g/mol. The van der Waals surface area contributed by atoms with Crippen molar-refractivity contribution < 1.29 is 19.1 Å². The van der Waals surface area contributed by atoms with Gasteiger partial charge in [-0.3, -0.25) is 14.4 Å². The second kappa shape index (κ2) is 10.6. The first-order chi connectivity index (χ1) is 12.5. The summed E-state index contributed by atoms with van der Waals surface area (Å²) in [5.41, 5.74) is 0.410. The van der Waals surface area contributed by atoms with E-state index in [4.69, 9.17) is 4.74 Å². The fourth-order valence-electron chi connectivity index (χ4n) is 3.25. The normalized spacial score (nSPS) is 14.5. The van der Waals surface area contributed by atoms with Crippen molar-refractivity contribution in [2.45, 2.75) is 51.9 Å². The zero-order chi connectivity index (χ0) is 18.8. The number of hydrogen-bond acceptors (Lipinski definition) is 4. The van der Waals surface area contributed by atoms with Gasteiger partial charge in [0.25, 0.3) is 5.91 Å². The predicted molar refractivity (Wildman–Crippen MR) is 98.9 cm³/mol. The summed E-state index contributed by atoms with van der Waals surface area (Å²) in [7, 11) is 0. The molecule has 0 aromatic heterocycles. The van der Waals surface area contributed by atoms with Crippen LogP contribution in [0, 0.1) is 5.92 Å². The number of carbonyl (C=O) groups is 3. The zero-order valence-electron chi connectivity index (χ0n) is 15.4. The summed E-state index contributed by atoms with van der Waals surface area (Å²) in [5, 5.41) is 5.59. The number of rotatable bonds is 8. The molecule has 0 atom stereocenters. The van der Waals surface area contributed by atoms with Crippen LogP contribution in [0.4, 0.5) is 0 Å². The average Bonchev–Trinajstić information content (AvgIpc) is 2.64. The van der Waals surface area contributed by atoms with E-state index in [0.717, 1.165) is 6.42 Å². The van der Waals surface area contributed by atoms with Crippen molar-refractivity contribution in [3.63, 3.8) is 0 Å². The number of benzene rings is 1. The van der Waals surface area contributed by atoms with Gasteiger partial charge >= 0.3 is 5.97 Å². The lowest BCUT2D eigenvalue weighted by Crippen LogP contribution is -2.34. The van der Waals surface area contributed by atoms with Crippen LogP contribution in [-0.4, -0.2) is 30.9 Å². The van der Waals surface area contributed by atoms with Gasteiger partial charge in [0, 0.05) is 32.0 Å². The molecule has 1 aromatic rings. The molecule has 26 heavy (non-hydrogen) atoms. The van der Waals surface area contributed by atoms with Gasteiger partial charge in [-0.1, -0.05) is 38.2 Å². The molecule has 0 saturated heterocycles. The van der Waals surface area contributed by atoms with Crippen molar-refractivity contribution in [2.75, 3.05) is 13.1 Å². The molecule has 0 radical (unpaired) electrons. The first-order valence-corrected chi connectivity index (χ1v) is 9.38. The Morgan fingerprint density at radius 3 is 2.54 bits per heavy atom. The SMILES string of the molecule is CC(=O)Oc1cccc(C(=O)NCCNC(=O)CCC2CCCCC2)c1. The van der Waals surface area contributed by atoms with E-state index >= 15 is 0 Å². The van der Waals surface area contributed by atoms with E-state index in [-0.39, 0.29) is 11.8 Å². The van der Waals surface area contributed by atoms with E-state index in [1.165, 1.54) is 45.1 Å². The highest BCUT2D eigenvalue weighted by Gasteiger charge is 2.14. The molecule has 0 heterocycles. The Balaban J connectivity index is 1.63. The Labute approximate surface area is 154 Å². The van der Waals surface area contributed by atoms with Crippen molar-refractivity contribution in [3.05, 3.63) is 29.8 Å². The van der Waals surface area contributed by atoms with E-state index in [1.54, 1.807) is 18.2 Å². The summed E-state index contributed by atoms with van der Waals surface area (Å²) in [6.07, 6.45) is 7.91. The maximum Gasteiger partial charge on any atom is 0.308 e. The van der Waals surface area contributed by atoms with Crippen LogP contribution < -0.4 is 15.4 Å². The van der Waals surface area contributed by atoms with E-state index in [1.807, 2.05) is 0 Å². The fraction of sp³-hybridized carbons (Fsp3) is 0.550. The molecule has 0 aliphatic heterocycles. The van der Waals surface area contributed by atoms with Gasteiger partial charge in [-0.15, -0.1) is 0 Å². The summed E-state index contributed by atoms with van der Waals surface area (Å²) in [6, 6.07) is 6.43. The Kier molecular flexibility index (Phi) is 8.12. The fourth-order valence-corrected chi connectivity index (χ4v) is 3.25. The Hall–Kier alpha value is -2.37. The monoisotopic (exact) mass is 360 g/mol. The summed E-state index contributed by atoms with van der Waals surface area (Å²) in [5.74, 6) is 0.371. The Morgan fingerprint density at radius 1 is 1.08 bits per heavy atom. The molecule has 2 amide bonds. The van der Waals surface area contributed by atoms with Gasteiger partial charge in [-0.25, -0.2) is 0 Å². The van der Waals surface area contributed by atoms with Gasteiger partial charge < -0.3 is 15.4 Å². The number of amides is 2. The van der Waals surface area contributed by atoms with Crippen LogP contribution in [0.5, 0.6) is 5.75 Å². The molecule has 2 N–H and O–H groups in total. The van der Waals surface area contributed by atoms with Crippen molar-refractivity contribution in [3.8, 4) is 5.75 Å². The molecule has 6 nitrogen and oxygen atoms in total. The molecule has 142 valence electrons. The third-order valence-electron chi connectivity index (χ3n) is 4.59. The first-order valence-electron chi connectivity index (χ1n) is 9.38. The van der Waals surface area contributed by atoms with E-state index < -0.39 is 5.97 Å². The number of ether oxygens (including phenoxy) is 1. The molecule has 2 rings (SSSR count). The minimum atomic E-state index is -0.432. The molecule has 0 spiro atoms. The van der Waals surface area contributed by atoms with Gasteiger partial charge in [-0.05, 0) is 30.5 Å². The lowest BCUT2D eigenvalue weighted by atomic mass is 9.86. The van der Waals surface area contributed by atoms with Gasteiger partial charge in [0.15, 0.2) is 0 Å². The van der Waals surface area contributed by atoms with E-state index in [2.05, 4.69) is 10.6 Å². The molecule has 1 aromatic carbocycles. The van der Waals surface area contributed by atoms with Gasteiger partial charge in [0.1, 0.15) is 5.75 Å². The predicted octanol–water partition coefficient (Wildman–Crippen LogP) is 2.82. The topological polar surface area (TPSA) is 84.5 Å². The third kappa shape index (κ3) is 7.25. The van der Waals surface area contributed by atoms with Crippen LogP contribution in [0.2, 0.25) is 0 Å². The summed E-state index contributed by atoms with van der Waals surface area (Å²) < 4.78 is 4.96. The van der Waals surface area contributed by atoms with Crippen molar-refractivity contribution in [1.29, 1.82) is 0 Å². The smallest absolute Gasteiger partial charge is 0.308 e. The number of hydrogen-bond donors (Lipinski definition) is 2. The quantitative estimate of drug-likeness (QED) is 0.424. The van der Waals surface area contributed by atoms with E-state index in [9.17, 15) is 14.4 Å². The second-order valence-corrected chi connectivity index (χ2v) is 6.77. The van der Waals surface area contributed by atoms with E-state index in [0.29, 0.717) is 36.7 Å². The lowest BCUT2D eigenvalue weighted by molar-refractivity contribution is -0.131. The molecule has 6 heteroatoms. The van der Waals surface area contributed by atoms with Crippen molar-refractivity contribution in [2.24, 2.45) is 5.92 Å². The number of carbonyl (C=O) groups excluding carboxylic acids is 3. The van der Waals surface area contributed by atoms with Crippen LogP contribution in [0.15, 0.2) is 24.3 Å². The first kappa shape index (κ1) is 19.9. The lowest BCUT2D eigenvalue weighted by Gasteiger charge is -2.20. The Morgan fingerprint density at radius 2 is 1.81 bits per heavy atom. The largest absolute Gasteiger partial charge is 0.427 e. The maximum atomic E-state index is 12.1. The van der Waals surface area contributed by atoms with Crippen LogP contribution in [0.25, 0.3) is 0 Å². The van der Waals surface area contributed by atoms with Crippen LogP contribution >= 0.6 is 0 Å². The molecule has 1 aliphatic carbocycles. The molecule has 0 unspecified atom stereocenters. The Bertz CT molecular complexity index is 624. The van der Waals surface area contributed by atoms with Crippen molar-refractivity contribution >= 4 is 17.8 Å². The molecule has 1 fully saturated rings. The zero-order valence-corrected chi connectivity index (χ0v) is 15.4. The minimum absolute atomic E-state index is 0.0432. The molecule has 1 saturated carbocycles. The highest BCUT2D eigenvalue weighted by Crippen LogP contribution is 2.27. The van der Waals surface area contributed by atoms with Gasteiger partial charge in [0.05, 0.1) is 0 Å². The molecule has 0 bridgehead atoms. The summed E-state index contributed by atoms with van der Waals surface area (Å²) >= 11 is 0. The molecular formula is C20H28N2O4. The third-order valence-corrected chi connectivity index (χ3v) is 4.59. The number of esters is 1. The number of nitrogens with one attached hydrogen (secondary N) is 2.